The highest BCUT2D eigenvalue weighted by molar-refractivity contribution is 5.73. The van der Waals surface area contributed by atoms with Crippen LogP contribution in [0, 0.1) is 5.92 Å². The van der Waals surface area contributed by atoms with Gasteiger partial charge in [-0.1, -0.05) is 12.1 Å². The molecule has 1 fully saturated rings. The maximum atomic E-state index is 12.6. The molecular weight excluding hydrogens is 192 g/mol. The summed E-state index contributed by atoms with van der Waals surface area (Å²) in [7, 11) is 0. The number of hydrogen-bond acceptors (Lipinski definition) is 3. The Labute approximate surface area is 78.9 Å². The number of alkyl halides is 2. The minimum absolute atomic E-state index is 0.0137. The van der Waals surface area contributed by atoms with Gasteiger partial charge in [0.15, 0.2) is 12.0 Å². The second-order valence-electron chi connectivity index (χ2n) is 3.50. The second-order valence-corrected chi connectivity index (χ2v) is 3.50. The number of carbonyl (C=O) groups excluding carboxylic acids is 1. The summed E-state index contributed by atoms with van der Waals surface area (Å²) in [5.41, 5.74) is -0.603. The van der Waals surface area contributed by atoms with Crippen molar-refractivity contribution in [1.29, 1.82) is 0 Å². The van der Waals surface area contributed by atoms with Gasteiger partial charge in [0.05, 0.1) is 6.04 Å². The standard InChI is InChI=1S/C8H9F2N3O/c1-4-2-6(4)13-7(8(9)10)5(3-14)11-12-13/h3-4,6,8H,2H2,1H3. The van der Waals surface area contributed by atoms with Crippen LogP contribution in [-0.4, -0.2) is 21.3 Å². The van der Waals surface area contributed by atoms with E-state index in [1.54, 1.807) is 0 Å². The van der Waals surface area contributed by atoms with Crippen molar-refractivity contribution in [2.24, 2.45) is 5.92 Å². The maximum Gasteiger partial charge on any atom is 0.282 e. The van der Waals surface area contributed by atoms with Crippen molar-refractivity contribution >= 4 is 6.29 Å². The third-order valence-electron chi connectivity index (χ3n) is 2.46. The van der Waals surface area contributed by atoms with Gasteiger partial charge < -0.3 is 0 Å². The van der Waals surface area contributed by atoms with E-state index in [4.69, 9.17) is 0 Å². The molecule has 0 radical (unpaired) electrons. The molecule has 1 aliphatic carbocycles. The lowest BCUT2D eigenvalue weighted by molar-refractivity contribution is 0.109. The monoisotopic (exact) mass is 201 g/mol. The molecule has 1 aliphatic rings. The average Bonchev–Trinajstić information content (AvgIpc) is 2.72. The fourth-order valence-corrected chi connectivity index (χ4v) is 1.50. The largest absolute Gasteiger partial charge is 0.296 e. The van der Waals surface area contributed by atoms with Crippen LogP contribution in [0.1, 0.15) is 42.0 Å². The van der Waals surface area contributed by atoms with Crippen molar-refractivity contribution in [1.82, 2.24) is 15.0 Å². The molecular formula is C8H9F2N3O. The molecule has 1 aromatic heterocycles. The number of aldehydes is 1. The number of carbonyl (C=O) groups is 1. The van der Waals surface area contributed by atoms with Gasteiger partial charge in [0, 0.05) is 0 Å². The van der Waals surface area contributed by atoms with E-state index < -0.39 is 6.43 Å². The topological polar surface area (TPSA) is 47.8 Å². The zero-order valence-electron chi connectivity index (χ0n) is 7.52. The lowest BCUT2D eigenvalue weighted by Gasteiger charge is -2.03. The maximum absolute atomic E-state index is 12.6. The molecule has 14 heavy (non-hydrogen) atoms. The van der Waals surface area contributed by atoms with E-state index in [-0.39, 0.29) is 17.4 Å². The number of hydrogen-bond donors (Lipinski definition) is 0. The van der Waals surface area contributed by atoms with Crippen molar-refractivity contribution < 1.29 is 13.6 Å². The molecule has 0 bridgehead atoms. The zero-order valence-corrected chi connectivity index (χ0v) is 7.52. The molecule has 2 atom stereocenters. The van der Waals surface area contributed by atoms with Crippen molar-refractivity contribution in [3.05, 3.63) is 11.4 Å². The summed E-state index contributed by atoms with van der Waals surface area (Å²) in [5, 5.41) is 6.99. The quantitative estimate of drug-likeness (QED) is 0.698. The molecule has 1 saturated carbocycles. The molecule has 6 heteroatoms. The lowest BCUT2D eigenvalue weighted by Crippen LogP contribution is -2.05. The first kappa shape index (κ1) is 9.23. The van der Waals surface area contributed by atoms with Gasteiger partial charge in [-0.05, 0) is 12.3 Å². The van der Waals surface area contributed by atoms with Gasteiger partial charge in [-0.2, -0.15) is 0 Å². The molecule has 4 nitrogen and oxygen atoms in total. The summed E-state index contributed by atoms with van der Waals surface area (Å²) < 4.78 is 26.3. The molecule has 0 N–H and O–H groups in total. The first-order valence-electron chi connectivity index (χ1n) is 4.33. The van der Waals surface area contributed by atoms with Gasteiger partial charge in [-0.25, -0.2) is 13.5 Å². The Kier molecular flexibility index (Phi) is 2.05. The van der Waals surface area contributed by atoms with E-state index >= 15 is 0 Å². The first-order chi connectivity index (χ1) is 6.65. The third kappa shape index (κ3) is 1.30. The molecule has 0 spiro atoms. The molecule has 0 amide bonds. The molecule has 2 rings (SSSR count). The summed E-state index contributed by atoms with van der Waals surface area (Å²) in [6, 6.07) is -0.0137. The normalized spacial score (nSPS) is 25.4. The van der Waals surface area contributed by atoms with Crippen LogP contribution in [0.3, 0.4) is 0 Å². The molecule has 76 valence electrons. The van der Waals surface area contributed by atoms with Crippen LogP contribution < -0.4 is 0 Å². The fraction of sp³-hybridized carbons (Fsp3) is 0.625. The first-order valence-corrected chi connectivity index (χ1v) is 4.33. The third-order valence-corrected chi connectivity index (χ3v) is 2.46. The Bertz CT molecular complexity index is 363. The number of aromatic nitrogens is 3. The zero-order chi connectivity index (χ0) is 10.3. The van der Waals surface area contributed by atoms with Crippen molar-refractivity contribution in [2.75, 3.05) is 0 Å². The summed E-state index contributed by atoms with van der Waals surface area (Å²) in [6.45, 7) is 1.95. The van der Waals surface area contributed by atoms with Gasteiger partial charge in [0.2, 0.25) is 0 Å². The fourth-order valence-electron chi connectivity index (χ4n) is 1.50. The Morgan fingerprint density at radius 3 is 2.71 bits per heavy atom. The highest BCUT2D eigenvalue weighted by Crippen LogP contribution is 2.44. The van der Waals surface area contributed by atoms with E-state index in [0.717, 1.165) is 6.42 Å². The van der Waals surface area contributed by atoms with Crippen LogP contribution in [0.25, 0.3) is 0 Å². The molecule has 0 aliphatic heterocycles. The van der Waals surface area contributed by atoms with Crippen molar-refractivity contribution in [2.45, 2.75) is 25.8 Å². The van der Waals surface area contributed by atoms with Crippen molar-refractivity contribution in [3.8, 4) is 0 Å². The smallest absolute Gasteiger partial charge is 0.282 e. The van der Waals surface area contributed by atoms with E-state index in [9.17, 15) is 13.6 Å². The van der Waals surface area contributed by atoms with Crippen LogP contribution in [0.2, 0.25) is 0 Å². The predicted octanol–water partition coefficient (Wildman–Crippen LogP) is 1.61. The van der Waals surface area contributed by atoms with E-state index in [1.165, 1.54) is 4.68 Å². The SMILES string of the molecule is CC1CC1n1nnc(C=O)c1C(F)F. The van der Waals surface area contributed by atoms with Gasteiger partial charge >= 0.3 is 0 Å². The Balaban J connectivity index is 2.39. The minimum Gasteiger partial charge on any atom is -0.296 e. The summed E-state index contributed by atoms with van der Waals surface area (Å²) in [5.74, 6) is 0.341. The lowest BCUT2D eigenvalue weighted by atomic mass is 10.3. The Morgan fingerprint density at radius 2 is 2.29 bits per heavy atom. The predicted molar refractivity (Wildman–Crippen MR) is 43.2 cm³/mol. The van der Waals surface area contributed by atoms with Gasteiger partial charge in [0.1, 0.15) is 5.69 Å². The van der Waals surface area contributed by atoms with Crippen molar-refractivity contribution in [3.63, 3.8) is 0 Å². The Morgan fingerprint density at radius 1 is 1.64 bits per heavy atom. The van der Waals surface area contributed by atoms with E-state index in [1.807, 2.05) is 6.92 Å². The Hall–Kier alpha value is -1.33. The molecule has 1 aromatic rings. The average molecular weight is 201 g/mol. The molecule has 0 saturated heterocycles. The minimum atomic E-state index is -2.70. The number of nitrogens with zero attached hydrogens (tertiary/aromatic N) is 3. The van der Waals surface area contributed by atoms with Gasteiger partial charge in [0.25, 0.3) is 6.43 Å². The second kappa shape index (κ2) is 3.11. The van der Waals surface area contributed by atoms with E-state index in [0.29, 0.717) is 12.2 Å². The summed E-state index contributed by atoms with van der Waals surface area (Å²) >= 11 is 0. The van der Waals surface area contributed by atoms with Crippen LogP contribution >= 0.6 is 0 Å². The number of halogens is 2. The van der Waals surface area contributed by atoms with Crippen LogP contribution in [-0.2, 0) is 0 Å². The van der Waals surface area contributed by atoms with E-state index in [2.05, 4.69) is 10.3 Å². The van der Waals surface area contributed by atoms with Gasteiger partial charge in [-0.3, -0.25) is 4.79 Å². The van der Waals surface area contributed by atoms with Gasteiger partial charge in [-0.15, -0.1) is 5.10 Å². The van der Waals surface area contributed by atoms with Crippen LogP contribution in [0.4, 0.5) is 8.78 Å². The summed E-state index contributed by atoms with van der Waals surface area (Å²) in [6.07, 6.45) is -1.56. The molecule has 2 unspecified atom stereocenters. The van der Waals surface area contributed by atoms with Crippen LogP contribution in [0.5, 0.6) is 0 Å². The highest BCUT2D eigenvalue weighted by atomic mass is 19.3. The van der Waals surface area contributed by atoms with Crippen LogP contribution in [0.15, 0.2) is 0 Å². The summed E-state index contributed by atoms with van der Waals surface area (Å²) in [4.78, 5) is 10.4. The molecule has 0 aromatic carbocycles. The highest BCUT2D eigenvalue weighted by Gasteiger charge is 2.39. The number of rotatable bonds is 3. The molecule has 1 heterocycles.